The molecule has 2 aromatic rings. The van der Waals surface area contributed by atoms with E-state index in [-0.39, 0.29) is 11.9 Å². The molecule has 0 saturated heterocycles. The molecule has 26 heavy (non-hydrogen) atoms. The van der Waals surface area contributed by atoms with Crippen molar-refractivity contribution in [2.45, 2.75) is 46.6 Å². The number of hydrogen-bond donors (Lipinski definition) is 1. The molecule has 140 valence electrons. The van der Waals surface area contributed by atoms with E-state index in [0.717, 1.165) is 18.5 Å². The zero-order valence-electron chi connectivity index (χ0n) is 16.3. The summed E-state index contributed by atoms with van der Waals surface area (Å²) in [7, 11) is 1.78. The predicted octanol–water partition coefficient (Wildman–Crippen LogP) is 3.57. The molecule has 0 aliphatic heterocycles. The van der Waals surface area contributed by atoms with Crippen molar-refractivity contribution in [3.05, 3.63) is 58.4 Å². The van der Waals surface area contributed by atoms with E-state index in [4.69, 9.17) is 4.74 Å². The van der Waals surface area contributed by atoms with Crippen molar-refractivity contribution in [2.24, 2.45) is 7.05 Å². The summed E-state index contributed by atoms with van der Waals surface area (Å²) in [5.74, 6) is -0.543. The summed E-state index contributed by atoms with van der Waals surface area (Å²) >= 11 is 0. The van der Waals surface area contributed by atoms with Crippen LogP contribution in [0.2, 0.25) is 0 Å². The summed E-state index contributed by atoms with van der Waals surface area (Å²) in [5.41, 5.74) is 3.67. The summed E-state index contributed by atoms with van der Waals surface area (Å²) in [5, 5.41) is 3.06. The Bertz CT molecular complexity index is 778. The second kappa shape index (κ2) is 8.70. The molecule has 5 nitrogen and oxygen atoms in total. The highest BCUT2D eigenvalue weighted by molar-refractivity contribution is 6.01. The molecule has 1 atom stereocenters. The summed E-state index contributed by atoms with van der Waals surface area (Å²) in [4.78, 5) is 25.0. The lowest BCUT2D eigenvalue weighted by molar-refractivity contribution is 0.0514. The molecule has 0 bridgehead atoms. The first-order valence-electron chi connectivity index (χ1n) is 9.04. The van der Waals surface area contributed by atoms with Gasteiger partial charge in [-0.3, -0.25) is 4.79 Å². The number of nitrogens with one attached hydrogen (secondary N) is 1. The van der Waals surface area contributed by atoms with Crippen LogP contribution in [-0.2, 0) is 18.2 Å². The van der Waals surface area contributed by atoms with Crippen molar-refractivity contribution in [1.29, 1.82) is 0 Å². The van der Waals surface area contributed by atoms with Gasteiger partial charge in [-0.15, -0.1) is 0 Å². The Morgan fingerprint density at radius 2 is 1.85 bits per heavy atom. The monoisotopic (exact) mass is 356 g/mol. The van der Waals surface area contributed by atoms with Crippen LogP contribution in [0.25, 0.3) is 0 Å². The number of aryl methyl sites for hydroxylation is 1. The summed E-state index contributed by atoms with van der Waals surface area (Å²) in [6.07, 6.45) is 1.76. The van der Waals surface area contributed by atoms with E-state index in [1.54, 1.807) is 25.5 Å². The van der Waals surface area contributed by atoms with Crippen molar-refractivity contribution in [3.63, 3.8) is 0 Å². The average molecular weight is 356 g/mol. The lowest BCUT2D eigenvalue weighted by Gasteiger charge is -2.14. The Labute approximate surface area is 155 Å². The van der Waals surface area contributed by atoms with Crippen molar-refractivity contribution < 1.29 is 14.3 Å². The molecule has 1 aromatic carbocycles. The first kappa shape index (κ1) is 19.8. The molecule has 1 N–H and O–H groups in total. The molecule has 0 aliphatic carbocycles. The minimum Gasteiger partial charge on any atom is -0.461 e. The molecule has 1 unspecified atom stereocenters. The Morgan fingerprint density at radius 3 is 2.46 bits per heavy atom. The number of rotatable bonds is 7. The SMILES string of the molecule is CCOC(=O)c1c(C)c(C(=O)NC(C)CCc2ccccc2)c(C)n1C. The Kier molecular flexibility index (Phi) is 6.61. The third-order valence-corrected chi connectivity index (χ3v) is 4.71. The maximum absolute atomic E-state index is 12.8. The normalized spacial score (nSPS) is 11.9. The molecular formula is C21H28N2O3. The fourth-order valence-corrected chi connectivity index (χ4v) is 3.20. The van der Waals surface area contributed by atoms with Crippen LogP contribution in [-0.4, -0.2) is 29.1 Å². The largest absolute Gasteiger partial charge is 0.461 e. The van der Waals surface area contributed by atoms with Gasteiger partial charge >= 0.3 is 5.97 Å². The smallest absolute Gasteiger partial charge is 0.355 e. The molecule has 0 radical (unpaired) electrons. The zero-order valence-corrected chi connectivity index (χ0v) is 16.3. The van der Waals surface area contributed by atoms with Crippen LogP contribution in [0.1, 0.15) is 57.9 Å². The van der Waals surface area contributed by atoms with Crippen molar-refractivity contribution >= 4 is 11.9 Å². The fourth-order valence-electron chi connectivity index (χ4n) is 3.20. The lowest BCUT2D eigenvalue weighted by Crippen LogP contribution is -2.33. The number of amides is 1. The lowest BCUT2D eigenvalue weighted by atomic mass is 10.0. The quantitative estimate of drug-likeness (QED) is 0.772. The second-order valence-corrected chi connectivity index (χ2v) is 6.61. The minimum atomic E-state index is -0.397. The highest BCUT2D eigenvalue weighted by Gasteiger charge is 2.26. The molecular weight excluding hydrogens is 328 g/mol. The molecule has 1 amide bonds. The molecule has 5 heteroatoms. The van der Waals surface area contributed by atoms with E-state index in [1.807, 2.05) is 32.0 Å². The van der Waals surface area contributed by atoms with Gasteiger partial charge in [0.15, 0.2) is 0 Å². The number of carbonyl (C=O) groups excluding carboxylic acids is 2. The third kappa shape index (κ3) is 4.34. The van der Waals surface area contributed by atoms with E-state index < -0.39 is 5.97 Å². The highest BCUT2D eigenvalue weighted by atomic mass is 16.5. The summed E-state index contributed by atoms with van der Waals surface area (Å²) < 4.78 is 6.85. The van der Waals surface area contributed by atoms with E-state index in [1.165, 1.54) is 5.56 Å². The van der Waals surface area contributed by atoms with E-state index in [2.05, 4.69) is 17.4 Å². The van der Waals surface area contributed by atoms with Gasteiger partial charge in [-0.1, -0.05) is 30.3 Å². The van der Waals surface area contributed by atoms with Gasteiger partial charge in [-0.2, -0.15) is 0 Å². The maximum atomic E-state index is 12.8. The topological polar surface area (TPSA) is 60.3 Å². The van der Waals surface area contributed by atoms with Crippen LogP contribution in [0, 0.1) is 13.8 Å². The molecule has 1 aromatic heterocycles. The molecule has 0 spiro atoms. The van der Waals surface area contributed by atoms with E-state index >= 15 is 0 Å². The number of hydrogen-bond acceptors (Lipinski definition) is 3. The first-order chi connectivity index (χ1) is 12.4. The van der Waals surface area contributed by atoms with Crippen LogP contribution in [0.4, 0.5) is 0 Å². The van der Waals surface area contributed by atoms with Gasteiger partial charge in [0.2, 0.25) is 0 Å². The van der Waals surface area contributed by atoms with Crippen LogP contribution >= 0.6 is 0 Å². The Morgan fingerprint density at radius 1 is 1.19 bits per heavy atom. The predicted molar refractivity (Wildman–Crippen MR) is 103 cm³/mol. The number of esters is 1. The van der Waals surface area contributed by atoms with E-state index in [9.17, 15) is 9.59 Å². The number of benzene rings is 1. The fraction of sp³-hybridized carbons (Fsp3) is 0.429. The standard InChI is InChI=1S/C21H28N2O3/c1-6-26-21(25)19-15(3)18(16(4)23(19)5)20(24)22-14(2)12-13-17-10-8-7-9-11-17/h7-11,14H,6,12-13H2,1-5H3,(H,22,24). The van der Waals surface area contributed by atoms with Gasteiger partial charge in [0, 0.05) is 18.8 Å². The van der Waals surface area contributed by atoms with Crippen LogP contribution in [0.5, 0.6) is 0 Å². The zero-order chi connectivity index (χ0) is 19.3. The number of carbonyl (C=O) groups is 2. The number of ether oxygens (including phenoxy) is 1. The van der Waals surface area contributed by atoms with Crippen LogP contribution in [0.3, 0.4) is 0 Å². The van der Waals surface area contributed by atoms with Gasteiger partial charge < -0.3 is 14.6 Å². The van der Waals surface area contributed by atoms with E-state index in [0.29, 0.717) is 23.4 Å². The Balaban J connectivity index is 2.09. The first-order valence-corrected chi connectivity index (χ1v) is 9.04. The summed E-state index contributed by atoms with van der Waals surface area (Å²) in [6, 6.07) is 10.2. The van der Waals surface area contributed by atoms with Crippen LogP contribution in [0.15, 0.2) is 30.3 Å². The van der Waals surface area contributed by atoms with Gasteiger partial charge in [0.05, 0.1) is 12.2 Å². The molecule has 1 heterocycles. The van der Waals surface area contributed by atoms with Gasteiger partial charge in [-0.05, 0) is 51.7 Å². The molecule has 0 aliphatic rings. The second-order valence-electron chi connectivity index (χ2n) is 6.61. The van der Waals surface area contributed by atoms with Crippen LogP contribution < -0.4 is 5.32 Å². The molecule has 0 fully saturated rings. The van der Waals surface area contributed by atoms with Crippen molar-refractivity contribution in [3.8, 4) is 0 Å². The van der Waals surface area contributed by atoms with Gasteiger partial charge in [0.25, 0.3) is 5.91 Å². The number of aromatic nitrogens is 1. The van der Waals surface area contributed by atoms with Crippen molar-refractivity contribution in [2.75, 3.05) is 6.61 Å². The molecule has 2 rings (SSSR count). The Hall–Kier alpha value is -2.56. The average Bonchev–Trinajstić information content (AvgIpc) is 2.83. The van der Waals surface area contributed by atoms with Gasteiger partial charge in [-0.25, -0.2) is 4.79 Å². The minimum absolute atomic E-state index is 0.0350. The number of nitrogens with zero attached hydrogens (tertiary/aromatic N) is 1. The third-order valence-electron chi connectivity index (χ3n) is 4.71. The van der Waals surface area contributed by atoms with Gasteiger partial charge in [0.1, 0.15) is 5.69 Å². The maximum Gasteiger partial charge on any atom is 0.355 e. The van der Waals surface area contributed by atoms with Crippen molar-refractivity contribution in [1.82, 2.24) is 9.88 Å². The summed E-state index contributed by atoms with van der Waals surface area (Å²) in [6.45, 7) is 7.72. The molecule has 0 saturated carbocycles. The highest BCUT2D eigenvalue weighted by Crippen LogP contribution is 2.22.